The van der Waals surface area contributed by atoms with Gasteiger partial charge >= 0.3 is 0 Å². The van der Waals surface area contributed by atoms with Gasteiger partial charge in [-0.25, -0.2) is 0 Å². The average Bonchev–Trinajstić information content (AvgIpc) is 2.03. The lowest BCUT2D eigenvalue weighted by Gasteiger charge is -2.09. The Morgan fingerprint density at radius 3 is 3.10 bits per heavy atom. The molecule has 0 aromatic carbocycles. The molecule has 0 N–H and O–H groups in total. The first-order valence-electron chi connectivity index (χ1n) is 4.09. The molecular weight excluding hydrogens is 142 g/mol. The van der Waals surface area contributed by atoms with Gasteiger partial charge < -0.3 is 0 Å². The third kappa shape index (κ3) is 2.74. The molecule has 0 radical (unpaired) electrons. The number of hydrogen-bond donors (Lipinski definition) is 0. The van der Waals surface area contributed by atoms with Gasteiger partial charge in [0.2, 0.25) is 0 Å². The van der Waals surface area contributed by atoms with Crippen LogP contribution in [-0.4, -0.2) is 17.3 Å². The van der Waals surface area contributed by atoms with Gasteiger partial charge in [-0.2, -0.15) is 0 Å². The predicted octanol–water partition coefficient (Wildman–Crippen LogP) is 2.71. The van der Waals surface area contributed by atoms with E-state index in [1.165, 1.54) is 36.5 Å². The summed E-state index contributed by atoms with van der Waals surface area (Å²) in [7, 11) is 0. The topological polar surface area (TPSA) is 12.4 Å². The second-order valence-corrected chi connectivity index (χ2v) is 3.75. The molecule has 1 heterocycles. The minimum atomic E-state index is 1.08. The van der Waals surface area contributed by atoms with Crippen molar-refractivity contribution in [2.75, 3.05) is 12.3 Å². The molecule has 1 nitrogen and oxygen atoms in total. The highest BCUT2D eigenvalue weighted by Gasteiger charge is 2.03. The van der Waals surface area contributed by atoms with E-state index in [1.807, 2.05) is 11.8 Å². The lowest BCUT2D eigenvalue weighted by atomic mass is 10.3. The first kappa shape index (κ1) is 8.12. The molecule has 1 rings (SSSR count). The summed E-state index contributed by atoms with van der Waals surface area (Å²) in [5.74, 6) is 1.29. The van der Waals surface area contributed by atoms with Crippen LogP contribution in [0.1, 0.15) is 32.6 Å². The quantitative estimate of drug-likeness (QED) is 0.613. The minimum Gasteiger partial charge on any atom is -0.283 e. The van der Waals surface area contributed by atoms with Gasteiger partial charge in [0.1, 0.15) is 0 Å². The summed E-state index contributed by atoms with van der Waals surface area (Å²) in [6, 6.07) is 0. The molecule has 0 spiro atoms. The first-order valence-corrected chi connectivity index (χ1v) is 5.08. The summed E-state index contributed by atoms with van der Waals surface area (Å²) in [5.41, 5.74) is 0. The van der Waals surface area contributed by atoms with Crippen molar-refractivity contribution < 1.29 is 0 Å². The van der Waals surface area contributed by atoms with Crippen LogP contribution < -0.4 is 0 Å². The lowest BCUT2D eigenvalue weighted by Crippen LogP contribution is -2.02. The van der Waals surface area contributed by atoms with Gasteiger partial charge in [-0.05, 0) is 19.3 Å². The van der Waals surface area contributed by atoms with E-state index in [0.29, 0.717) is 0 Å². The highest BCUT2D eigenvalue weighted by Crippen LogP contribution is 2.16. The van der Waals surface area contributed by atoms with Crippen LogP contribution in [0.5, 0.6) is 0 Å². The van der Waals surface area contributed by atoms with Crippen LogP contribution in [0.15, 0.2) is 4.99 Å². The van der Waals surface area contributed by atoms with Crippen LogP contribution in [0.25, 0.3) is 0 Å². The van der Waals surface area contributed by atoms with Crippen molar-refractivity contribution in [2.45, 2.75) is 32.6 Å². The van der Waals surface area contributed by atoms with E-state index < -0.39 is 0 Å². The summed E-state index contributed by atoms with van der Waals surface area (Å²) < 4.78 is 0. The van der Waals surface area contributed by atoms with Crippen molar-refractivity contribution in [2.24, 2.45) is 4.99 Å². The van der Waals surface area contributed by atoms with Crippen LogP contribution in [0.3, 0.4) is 0 Å². The molecule has 58 valence electrons. The highest BCUT2D eigenvalue weighted by atomic mass is 32.2. The molecule has 0 saturated heterocycles. The Morgan fingerprint density at radius 1 is 1.60 bits per heavy atom. The Labute approximate surface area is 67.3 Å². The molecule has 0 aromatic heterocycles. The molecule has 10 heavy (non-hydrogen) atoms. The monoisotopic (exact) mass is 157 g/mol. The van der Waals surface area contributed by atoms with E-state index in [-0.39, 0.29) is 0 Å². The predicted molar refractivity (Wildman–Crippen MR) is 48.9 cm³/mol. The number of rotatable bonds is 3. The Morgan fingerprint density at radius 2 is 2.50 bits per heavy atom. The van der Waals surface area contributed by atoms with E-state index >= 15 is 0 Å². The maximum atomic E-state index is 4.45. The van der Waals surface area contributed by atoms with Crippen LogP contribution in [0.2, 0.25) is 0 Å². The van der Waals surface area contributed by atoms with Crippen molar-refractivity contribution in [1.82, 2.24) is 0 Å². The van der Waals surface area contributed by atoms with E-state index in [2.05, 4.69) is 11.9 Å². The molecular formula is C8H15NS. The molecule has 2 heteroatoms. The maximum Gasteiger partial charge on any atom is 0.0675 e. The molecule has 0 bridgehead atoms. The molecule has 1 aliphatic rings. The Kier molecular flexibility index (Phi) is 3.88. The molecule has 0 unspecified atom stereocenters. The summed E-state index contributed by atoms with van der Waals surface area (Å²) in [6.45, 7) is 3.31. The fourth-order valence-corrected chi connectivity index (χ4v) is 1.96. The fraction of sp³-hybridized carbons (Fsp3) is 0.875. The number of thioether (sulfide) groups is 1. The van der Waals surface area contributed by atoms with Gasteiger partial charge in [-0.1, -0.05) is 13.3 Å². The molecule has 0 fully saturated rings. The summed E-state index contributed by atoms with van der Waals surface area (Å²) in [5, 5.41) is 1.40. The van der Waals surface area contributed by atoms with Crippen molar-refractivity contribution in [1.29, 1.82) is 0 Å². The molecule has 0 amide bonds. The van der Waals surface area contributed by atoms with Gasteiger partial charge in [-0.3, -0.25) is 4.99 Å². The van der Waals surface area contributed by atoms with Crippen molar-refractivity contribution in [3.8, 4) is 0 Å². The number of nitrogens with zero attached hydrogens (tertiary/aromatic N) is 1. The van der Waals surface area contributed by atoms with Gasteiger partial charge in [0.25, 0.3) is 0 Å². The second kappa shape index (κ2) is 4.78. The number of unbranched alkanes of at least 4 members (excludes halogenated alkanes) is 1. The molecule has 0 aliphatic carbocycles. The Bertz CT molecular complexity index is 120. The van der Waals surface area contributed by atoms with E-state index in [1.54, 1.807) is 0 Å². The van der Waals surface area contributed by atoms with Gasteiger partial charge in [-0.15, -0.1) is 11.8 Å². The van der Waals surface area contributed by atoms with Crippen LogP contribution >= 0.6 is 11.8 Å². The standard InChI is InChI=1S/C8H15NS/c1-2-3-5-8-9-6-4-7-10-8/h2-7H2,1H3. The molecule has 0 saturated carbocycles. The molecule has 0 aromatic rings. The average molecular weight is 157 g/mol. The zero-order valence-corrected chi connectivity index (χ0v) is 7.41. The minimum absolute atomic E-state index is 1.08. The van der Waals surface area contributed by atoms with Crippen molar-refractivity contribution in [3.63, 3.8) is 0 Å². The van der Waals surface area contributed by atoms with E-state index in [0.717, 1.165) is 6.54 Å². The van der Waals surface area contributed by atoms with Crippen LogP contribution in [0, 0.1) is 0 Å². The zero-order valence-electron chi connectivity index (χ0n) is 6.60. The zero-order chi connectivity index (χ0) is 7.23. The van der Waals surface area contributed by atoms with Gasteiger partial charge in [0, 0.05) is 12.3 Å². The van der Waals surface area contributed by atoms with Gasteiger partial charge in [0.05, 0.1) is 5.04 Å². The molecule has 1 aliphatic heterocycles. The fourth-order valence-electron chi connectivity index (χ4n) is 0.983. The lowest BCUT2D eigenvalue weighted by molar-refractivity contribution is 0.830. The van der Waals surface area contributed by atoms with Gasteiger partial charge in [0.15, 0.2) is 0 Å². The largest absolute Gasteiger partial charge is 0.283 e. The third-order valence-corrected chi connectivity index (χ3v) is 2.76. The number of aliphatic imine (C=N–C) groups is 1. The SMILES string of the molecule is CCCCC1=NCCCS1. The smallest absolute Gasteiger partial charge is 0.0675 e. The highest BCUT2D eigenvalue weighted by molar-refractivity contribution is 8.13. The summed E-state index contributed by atoms with van der Waals surface area (Å²) in [6.07, 6.45) is 5.10. The first-order chi connectivity index (χ1) is 4.93. The summed E-state index contributed by atoms with van der Waals surface area (Å²) in [4.78, 5) is 4.45. The van der Waals surface area contributed by atoms with Crippen LogP contribution in [-0.2, 0) is 0 Å². The van der Waals surface area contributed by atoms with E-state index in [4.69, 9.17) is 0 Å². The van der Waals surface area contributed by atoms with Crippen molar-refractivity contribution in [3.05, 3.63) is 0 Å². The Balaban J connectivity index is 2.18. The van der Waals surface area contributed by atoms with Crippen molar-refractivity contribution >= 4 is 16.8 Å². The second-order valence-electron chi connectivity index (χ2n) is 2.58. The van der Waals surface area contributed by atoms with Crippen LogP contribution in [0.4, 0.5) is 0 Å². The normalized spacial score (nSPS) is 18.7. The third-order valence-electron chi connectivity index (χ3n) is 1.60. The van der Waals surface area contributed by atoms with E-state index in [9.17, 15) is 0 Å². The number of hydrogen-bond acceptors (Lipinski definition) is 2. The molecule has 0 atom stereocenters. The Hall–Kier alpha value is 0.0200. The maximum absolute atomic E-state index is 4.45. The summed E-state index contributed by atoms with van der Waals surface area (Å²) >= 11 is 1.95.